The molecule has 0 unspecified atom stereocenters. The van der Waals surface area contributed by atoms with Gasteiger partial charge in [0.1, 0.15) is 18.1 Å². The number of fused-ring (bicyclic) bond motifs is 1. The standard InChI is InChI=1S/C20H14FN3O4/c21-13-7-5-12(6-8-13)17-9-14(23-28-17)10-22-18(25)11-24-19(26)15-3-1-2-4-16(15)20(24)27/h1-9H,10-11H2,(H,22,25). The second-order valence-corrected chi connectivity index (χ2v) is 6.21. The third kappa shape index (κ3) is 3.27. The fourth-order valence-electron chi connectivity index (χ4n) is 2.92. The van der Waals surface area contributed by atoms with Crippen molar-refractivity contribution in [3.05, 3.63) is 77.2 Å². The van der Waals surface area contributed by atoms with Crippen molar-refractivity contribution in [1.29, 1.82) is 0 Å². The van der Waals surface area contributed by atoms with Crippen LogP contribution in [0.3, 0.4) is 0 Å². The molecule has 28 heavy (non-hydrogen) atoms. The Morgan fingerprint density at radius 1 is 1.04 bits per heavy atom. The van der Waals surface area contributed by atoms with Crippen molar-refractivity contribution in [3.8, 4) is 11.3 Å². The number of nitrogens with one attached hydrogen (secondary N) is 1. The zero-order valence-electron chi connectivity index (χ0n) is 14.5. The maximum absolute atomic E-state index is 13.0. The Labute approximate surface area is 158 Å². The van der Waals surface area contributed by atoms with Crippen molar-refractivity contribution < 1.29 is 23.3 Å². The van der Waals surface area contributed by atoms with Crippen molar-refractivity contribution in [2.45, 2.75) is 6.54 Å². The Bertz CT molecular complexity index is 1040. The van der Waals surface area contributed by atoms with Crippen molar-refractivity contribution in [2.75, 3.05) is 6.54 Å². The lowest BCUT2D eigenvalue weighted by atomic mass is 10.1. The van der Waals surface area contributed by atoms with E-state index in [0.29, 0.717) is 28.1 Å². The summed E-state index contributed by atoms with van der Waals surface area (Å²) in [5.74, 6) is -1.40. The first-order chi connectivity index (χ1) is 13.5. The van der Waals surface area contributed by atoms with E-state index in [0.717, 1.165) is 4.90 Å². The molecule has 4 rings (SSSR count). The van der Waals surface area contributed by atoms with Gasteiger partial charge < -0.3 is 9.84 Å². The molecule has 1 aliphatic rings. The van der Waals surface area contributed by atoms with Gasteiger partial charge in [-0.15, -0.1) is 0 Å². The van der Waals surface area contributed by atoms with Crippen LogP contribution in [0, 0.1) is 5.82 Å². The van der Waals surface area contributed by atoms with Crippen LogP contribution in [0.25, 0.3) is 11.3 Å². The highest BCUT2D eigenvalue weighted by molar-refractivity contribution is 6.22. The minimum atomic E-state index is -0.499. The largest absolute Gasteiger partial charge is 0.356 e. The van der Waals surface area contributed by atoms with E-state index < -0.39 is 17.7 Å². The summed E-state index contributed by atoms with van der Waals surface area (Å²) in [6.07, 6.45) is 0. The van der Waals surface area contributed by atoms with Gasteiger partial charge in [-0.1, -0.05) is 17.3 Å². The molecular weight excluding hydrogens is 365 g/mol. The molecule has 0 saturated carbocycles. The molecule has 3 aromatic rings. The van der Waals surface area contributed by atoms with Crippen LogP contribution in [0.2, 0.25) is 0 Å². The maximum Gasteiger partial charge on any atom is 0.262 e. The average molecular weight is 379 g/mol. The first-order valence-electron chi connectivity index (χ1n) is 8.46. The van der Waals surface area contributed by atoms with Crippen LogP contribution in [0.4, 0.5) is 4.39 Å². The fraction of sp³-hybridized carbons (Fsp3) is 0.100. The number of carbonyl (C=O) groups is 3. The van der Waals surface area contributed by atoms with Crippen molar-refractivity contribution in [2.24, 2.45) is 0 Å². The summed E-state index contributed by atoms with van der Waals surface area (Å²) in [5, 5.41) is 6.45. The molecule has 140 valence electrons. The van der Waals surface area contributed by atoms with Gasteiger partial charge >= 0.3 is 0 Å². The van der Waals surface area contributed by atoms with Gasteiger partial charge in [-0.2, -0.15) is 0 Å². The molecular formula is C20H14FN3O4. The van der Waals surface area contributed by atoms with Gasteiger partial charge in [0.25, 0.3) is 11.8 Å². The van der Waals surface area contributed by atoms with Gasteiger partial charge in [-0.05, 0) is 36.4 Å². The van der Waals surface area contributed by atoms with E-state index >= 15 is 0 Å². The van der Waals surface area contributed by atoms with Crippen LogP contribution >= 0.6 is 0 Å². The number of carbonyl (C=O) groups excluding carboxylic acids is 3. The third-order valence-corrected chi connectivity index (χ3v) is 4.33. The first kappa shape index (κ1) is 17.6. The first-order valence-corrected chi connectivity index (χ1v) is 8.46. The molecule has 3 amide bonds. The van der Waals surface area contributed by atoms with Gasteiger partial charge in [0.05, 0.1) is 17.7 Å². The number of nitrogens with zero attached hydrogens (tertiary/aromatic N) is 2. The zero-order valence-corrected chi connectivity index (χ0v) is 14.5. The molecule has 8 heteroatoms. The predicted molar refractivity (Wildman–Crippen MR) is 95.6 cm³/mol. The number of aromatic nitrogens is 1. The molecule has 0 radical (unpaired) electrons. The lowest BCUT2D eigenvalue weighted by molar-refractivity contribution is -0.121. The molecule has 1 aliphatic heterocycles. The highest BCUT2D eigenvalue weighted by atomic mass is 19.1. The molecule has 7 nitrogen and oxygen atoms in total. The molecule has 2 aromatic carbocycles. The molecule has 0 fully saturated rings. The number of amides is 3. The third-order valence-electron chi connectivity index (χ3n) is 4.33. The van der Waals surface area contributed by atoms with Crippen LogP contribution in [0.1, 0.15) is 26.4 Å². The predicted octanol–water partition coefficient (Wildman–Crippen LogP) is 2.39. The SMILES string of the molecule is O=C(CN1C(=O)c2ccccc2C1=O)NCc1cc(-c2ccc(F)cc2)on1. The van der Waals surface area contributed by atoms with E-state index in [-0.39, 0.29) is 18.9 Å². The number of hydrogen-bond donors (Lipinski definition) is 1. The smallest absolute Gasteiger partial charge is 0.262 e. The highest BCUT2D eigenvalue weighted by Crippen LogP contribution is 2.22. The molecule has 1 N–H and O–H groups in total. The monoisotopic (exact) mass is 379 g/mol. The molecule has 1 aromatic heterocycles. The molecule has 2 heterocycles. The van der Waals surface area contributed by atoms with Crippen LogP contribution in [-0.2, 0) is 11.3 Å². The Balaban J connectivity index is 1.36. The highest BCUT2D eigenvalue weighted by Gasteiger charge is 2.36. The Morgan fingerprint density at radius 2 is 1.68 bits per heavy atom. The van der Waals surface area contributed by atoms with E-state index in [1.54, 1.807) is 42.5 Å². The van der Waals surface area contributed by atoms with E-state index in [1.165, 1.54) is 12.1 Å². The van der Waals surface area contributed by atoms with Crippen molar-refractivity contribution in [1.82, 2.24) is 15.4 Å². The van der Waals surface area contributed by atoms with Gasteiger partial charge in [0.2, 0.25) is 5.91 Å². The van der Waals surface area contributed by atoms with E-state index in [9.17, 15) is 18.8 Å². The summed E-state index contributed by atoms with van der Waals surface area (Å²) >= 11 is 0. The minimum Gasteiger partial charge on any atom is -0.356 e. The van der Waals surface area contributed by atoms with Crippen LogP contribution in [0.5, 0.6) is 0 Å². The van der Waals surface area contributed by atoms with Crippen molar-refractivity contribution >= 4 is 17.7 Å². The quantitative estimate of drug-likeness (QED) is 0.687. The van der Waals surface area contributed by atoms with Gasteiger partial charge in [0, 0.05) is 11.6 Å². The average Bonchev–Trinajstić information content (AvgIpc) is 3.27. The van der Waals surface area contributed by atoms with Crippen molar-refractivity contribution in [3.63, 3.8) is 0 Å². The zero-order chi connectivity index (χ0) is 19.7. The molecule has 0 aliphatic carbocycles. The summed E-state index contributed by atoms with van der Waals surface area (Å²) in [6, 6.07) is 13.8. The number of imide groups is 1. The molecule has 0 saturated heterocycles. The fourth-order valence-corrected chi connectivity index (χ4v) is 2.92. The summed E-state index contributed by atoms with van der Waals surface area (Å²) in [6.45, 7) is -0.318. The maximum atomic E-state index is 13.0. The number of rotatable bonds is 5. The van der Waals surface area contributed by atoms with E-state index in [2.05, 4.69) is 10.5 Å². The number of hydrogen-bond acceptors (Lipinski definition) is 5. The lowest BCUT2D eigenvalue weighted by Crippen LogP contribution is -2.40. The summed E-state index contributed by atoms with van der Waals surface area (Å²) in [5.41, 5.74) is 1.69. The summed E-state index contributed by atoms with van der Waals surface area (Å²) in [4.78, 5) is 37.6. The van der Waals surface area contributed by atoms with Crippen LogP contribution < -0.4 is 5.32 Å². The second-order valence-electron chi connectivity index (χ2n) is 6.21. The number of halogens is 1. The Kier molecular flexibility index (Phi) is 4.44. The van der Waals surface area contributed by atoms with Crippen LogP contribution in [-0.4, -0.2) is 34.3 Å². The molecule has 0 bridgehead atoms. The number of benzene rings is 2. The second kappa shape index (κ2) is 7.07. The molecule has 0 spiro atoms. The topological polar surface area (TPSA) is 92.5 Å². The van der Waals surface area contributed by atoms with Gasteiger partial charge in [-0.3, -0.25) is 19.3 Å². The van der Waals surface area contributed by atoms with Crippen LogP contribution in [0.15, 0.2) is 59.1 Å². The normalized spacial score (nSPS) is 13.0. The minimum absolute atomic E-state index is 0.0622. The summed E-state index contributed by atoms with van der Waals surface area (Å²) < 4.78 is 18.2. The lowest BCUT2D eigenvalue weighted by Gasteiger charge is -2.13. The van der Waals surface area contributed by atoms with E-state index in [4.69, 9.17) is 4.52 Å². The Hall–Kier alpha value is -3.81. The van der Waals surface area contributed by atoms with E-state index in [1.807, 2.05) is 0 Å². The summed E-state index contributed by atoms with van der Waals surface area (Å²) in [7, 11) is 0. The van der Waals surface area contributed by atoms with Gasteiger partial charge in [0.15, 0.2) is 5.76 Å². The van der Waals surface area contributed by atoms with Gasteiger partial charge in [-0.25, -0.2) is 4.39 Å². The Morgan fingerprint density at radius 3 is 2.32 bits per heavy atom. The molecule has 0 atom stereocenters.